The topological polar surface area (TPSA) is 3.24 Å². The third-order valence-electron chi connectivity index (χ3n) is 10.3. The molecule has 1 heteroatoms. The van der Waals surface area contributed by atoms with E-state index in [4.69, 9.17) is 0 Å². The summed E-state index contributed by atoms with van der Waals surface area (Å²) in [5, 5.41) is 2.53. The Bertz CT molecular complexity index is 2060. The molecule has 0 N–H and O–H groups in total. The van der Waals surface area contributed by atoms with Crippen molar-refractivity contribution < 1.29 is 0 Å². The SMILES string of the molecule is CC(C)(C)c1ccc(N(c2ccc(C(C)(C)C)cc2)c2ccccc2-c2cccc3cccc(-c4cc(C(C)(C)C)cc(C(C)(C)C)c4)c23)cc1. The number of hydrogen-bond donors (Lipinski definition) is 0. The Hall–Kier alpha value is -4.62. The maximum atomic E-state index is 2.44. The Balaban J connectivity index is 1.62. The minimum absolute atomic E-state index is 0.0294. The van der Waals surface area contributed by atoms with Gasteiger partial charge in [0.15, 0.2) is 0 Å². The fourth-order valence-electron chi connectivity index (χ4n) is 7.00. The van der Waals surface area contributed by atoms with Crippen molar-refractivity contribution in [3.8, 4) is 22.3 Å². The molecule has 0 saturated heterocycles. The zero-order valence-corrected chi connectivity index (χ0v) is 33.1. The standard InChI is InChI=1S/C50H57N/c1-47(2,3)36-23-27-40(28-24-36)51(41-29-25-37(26-30-41)48(4,5)6)45-22-14-13-19-43(45)44-21-16-18-34-17-15-20-42(46(34)44)35-31-38(49(7,8)9)33-39(32-35)50(10,11)12/h13-33H,1-12H3. The Kier molecular flexibility index (Phi) is 9.34. The van der Waals surface area contributed by atoms with E-state index in [1.165, 1.54) is 55.3 Å². The van der Waals surface area contributed by atoms with Crippen molar-refractivity contribution >= 4 is 27.8 Å². The first-order chi connectivity index (χ1) is 23.8. The first kappa shape index (κ1) is 36.2. The van der Waals surface area contributed by atoms with Crippen molar-refractivity contribution in [2.24, 2.45) is 0 Å². The van der Waals surface area contributed by atoms with Crippen LogP contribution in [0.15, 0.2) is 127 Å². The van der Waals surface area contributed by atoms with Gasteiger partial charge in [0.25, 0.3) is 0 Å². The second-order valence-corrected chi connectivity index (χ2v) is 18.5. The molecule has 6 aromatic carbocycles. The highest BCUT2D eigenvalue weighted by atomic mass is 15.1. The quantitative estimate of drug-likeness (QED) is 0.176. The highest BCUT2D eigenvalue weighted by Gasteiger charge is 2.24. The molecule has 0 bridgehead atoms. The number of para-hydroxylation sites is 1. The summed E-state index contributed by atoms with van der Waals surface area (Å²) in [6.45, 7) is 27.6. The Morgan fingerprint density at radius 3 is 1.22 bits per heavy atom. The number of fused-ring (bicyclic) bond motifs is 1. The molecular formula is C50H57N. The van der Waals surface area contributed by atoms with Crippen molar-refractivity contribution in [3.63, 3.8) is 0 Å². The summed E-state index contributed by atoms with van der Waals surface area (Å²) < 4.78 is 0. The van der Waals surface area contributed by atoms with Crippen molar-refractivity contribution in [3.05, 3.63) is 150 Å². The van der Waals surface area contributed by atoms with Gasteiger partial charge in [-0.05, 0) is 102 Å². The van der Waals surface area contributed by atoms with E-state index < -0.39 is 0 Å². The molecule has 0 fully saturated rings. The van der Waals surface area contributed by atoms with Crippen LogP contribution in [0.25, 0.3) is 33.0 Å². The van der Waals surface area contributed by atoms with Crippen LogP contribution in [0, 0.1) is 0 Å². The number of rotatable bonds is 5. The van der Waals surface area contributed by atoms with E-state index in [1.54, 1.807) is 0 Å². The van der Waals surface area contributed by atoms with E-state index in [-0.39, 0.29) is 21.7 Å². The minimum Gasteiger partial charge on any atom is -0.310 e. The highest BCUT2D eigenvalue weighted by molar-refractivity contribution is 6.08. The fourth-order valence-corrected chi connectivity index (χ4v) is 7.00. The van der Waals surface area contributed by atoms with Crippen LogP contribution >= 0.6 is 0 Å². The van der Waals surface area contributed by atoms with Crippen LogP contribution in [0.3, 0.4) is 0 Å². The van der Waals surface area contributed by atoms with E-state index in [9.17, 15) is 0 Å². The van der Waals surface area contributed by atoms with Gasteiger partial charge in [-0.15, -0.1) is 0 Å². The van der Waals surface area contributed by atoms with Crippen molar-refractivity contribution in [2.45, 2.75) is 105 Å². The maximum Gasteiger partial charge on any atom is 0.0540 e. The van der Waals surface area contributed by atoms with E-state index >= 15 is 0 Å². The lowest BCUT2D eigenvalue weighted by Gasteiger charge is -2.30. The molecule has 0 aliphatic rings. The summed E-state index contributed by atoms with van der Waals surface area (Å²) in [7, 11) is 0. The third kappa shape index (κ3) is 7.55. The molecule has 0 atom stereocenters. The van der Waals surface area contributed by atoms with E-state index in [0.29, 0.717) is 0 Å². The molecule has 51 heavy (non-hydrogen) atoms. The van der Waals surface area contributed by atoms with Gasteiger partial charge in [0, 0.05) is 16.9 Å². The van der Waals surface area contributed by atoms with Gasteiger partial charge in [0.05, 0.1) is 5.69 Å². The number of hydrogen-bond acceptors (Lipinski definition) is 1. The number of nitrogens with zero attached hydrogens (tertiary/aromatic N) is 1. The number of anilines is 3. The average molecular weight is 672 g/mol. The lowest BCUT2D eigenvalue weighted by atomic mass is 9.78. The average Bonchev–Trinajstić information content (AvgIpc) is 3.07. The third-order valence-corrected chi connectivity index (χ3v) is 10.3. The Labute approximate surface area is 308 Å². The van der Waals surface area contributed by atoms with Crippen molar-refractivity contribution in [1.82, 2.24) is 0 Å². The van der Waals surface area contributed by atoms with Gasteiger partial charge < -0.3 is 4.90 Å². The molecular weight excluding hydrogens is 615 g/mol. The van der Waals surface area contributed by atoms with Gasteiger partial charge in [0.2, 0.25) is 0 Å². The van der Waals surface area contributed by atoms with Crippen LogP contribution in [0.5, 0.6) is 0 Å². The molecule has 0 aliphatic carbocycles. The first-order valence-electron chi connectivity index (χ1n) is 18.6. The molecule has 0 unspecified atom stereocenters. The van der Waals surface area contributed by atoms with Crippen LogP contribution < -0.4 is 4.90 Å². The lowest BCUT2D eigenvalue weighted by molar-refractivity contribution is 0.569. The Morgan fingerprint density at radius 1 is 0.353 bits per heavy atom. The minimum atomic E-state index is 0.0294. The van der Waals surface area contributed by atoms with Gasteiger partial charge >= 0.3 is 0 Å². The molecule has 262 valence electrons. The first-order valence-corrected chi connectivity index (χ1v) is 18.6. The van der Waals surface area contributed by atoms with E-state index in [1.807, 2.05) is 0 Å². The van der Waals surface area contributed by atoms with E-state index in [0.717, 1.165) is 17.1 Å². The van der Waals surface area contributed by atoms with E-state index in [2.05, 4.69) is 215 Å². The summed E-state index contributed by atoms with van der Waals surface area (Å²) in [4.78, 5) is 2.44. The fraction of sp³-hybridized carbons (Fsp3) is 0.320. The monoisotopic (exact) mass is 671 g/mol. The van der Waals surface area contributed by atoms with Crippen LogP contribution in [-0.2, 0) is 21.7 Å². The normalized spacial score (nSPS) is 12.7. The molecule has 0 heterocycles. The molecule has 0 aromatic heterocycles. The van der Waals surface area contributed by atoms with Crippen molar-refractivity contribution in [1.29, 1.82) is 0 Å². The Morgan fingerprint density at radius 2 is 0.765 bits per heavy atom. The molecule has 0 spiro atoms. The molecule has 1 nitrogen and oxygen atoms in total. The second-order valence-electron chi connectivity index (χ2n) is 18.5. The zero-order valence-electron chi connectivity index (χ0n) is 33.1. The van der Waals surface area contributed by atoms with Gasteiger partial charge in [-0.3, -0.25) is 0 Å². The van der Waals surface area contributed by atoms with Gasteiger partial charge in [-0.1, -0.05) is 180 Å². The van der Waals surface area contributed by atoms with Crippen LogP contribution in [0.1, 0.15) is 105 Å². The summed E-state index contributed by atoms with van der Waals surface area (Å²) in [6.07, 6.45) is 0. The predicted octanol–water partition coefficient (Wildman–Crippen LogP) is 14.8. The maximum absolute atomic E-state index is 2.44. The number of benzene rings is 6. The molecule has 0 saturated carbocycles. The largest absolute Gasteiger partial charge is 0.310 e. The lowest BCUT2D eigenvalue weighted by Crippen LogP contribution is -2.16. The van der Waals surface area contributed by atoms with Gasteiger partial charge in [-0.25, -0.2) is 0 Å². The highest BCUT2D eigenvalue weighted by Crippen LogP contribution is 2.46. The van der Waals surface area contributed by atoms with Crippen LogP contribution in [-0.4, -0.2) is 0 Å². The molecule has 6 rings (SSSR count). The molecule has 0 radical (unpaired) electrons. The molecule has 0 aliphatic heterocycles. The zero-order chi connectivity index (χ0) is 36.9. The van der Waals surface area contributed by atoms with Gasteiger partial charge in [-0.2, -0.15) is 0 Å². The predicted molar refractivity (Wildman–Crippen MR) is 224 cm³/mol. The van der Waals surface area contributed by atoms with Crippen LogP contribution in [0.4, 0.5) is 17.1 Å². The summed E-state index contributed by atoms with van der Waals surface area (Å²) in [5.74, 6) is 0. The van der Waals surface area contributed by atoms with Crippen molar-refractivity contribution in [2.75, 3.05) is 4.90 Å². The summed E-state index contributed by atoms with van der Waals surface area (Å²) in [6, 6.07) is 48.1. The molecule has 6 aromatic rings. The summed E-state index contributed by atoms with van der Waals surface area (Å²) >= 11 is 0. The molecule has 0 amide bonds. The second kappa shape index (κ2) is 13.2. The van der Waals surface area contributed by atoms with Gasteiger partial charge in [0.1, 0.15) is 0 Å². The summed E-state index contributed by atoms with van der Waals surface area (Å²) in [5.41, 5.74) is 14.0. The van der Waals surface area contributed by atoms with Crippen LogP contribution in [0.2, 0.25) is 0 Å². The smallest absolute Gasteiger partial charge is 0.0540 e.